The van der Waals surface area contributed by atoms with Gasteiger partial charge in [-0.25, -0.2) is 4.79 Å². The molecule has 0 amide bonds. The van der Waals surface area contributed by atoms with Crippen molar-refractivity contribution in [1.29, 1.82) is 0 Å². The van der Waals surface area contributed by atoms with Gasteiger partial charge in [0.2, 0.25) is 0 Å². The third-order valence-electron chi connectivity index (χ3n) is 2.43. The molecule has 2 rings (SSSR count). The smallest absolute Gasteiger partial charge is 0.339 e. The molecule has 6 heteroatoms. The van der Waals surface area contributed by atoms with Crippen LogP contribution in [0, 0.1) is 0 Å². The van der Waals surface area contributed by atoms with Gasteiger partial charge >= 0.3 is 5.97 Å². The Morgan fingerprint density at radius 3 is 2.56 bits per heavy atom. The number of hydrogen-bond acceptors (Lipinski definition) is 3. The first-order chi connectivity index (χ1) is 8.50. The van der Waals surface area contributed by atoms with Crippen molar-refractivity contribution in [3.63, 3.8) is 0 Å². The standard InChI is InChI=1S/C12H8Br2O4/c13-8-2-1-6(5-9(8)14)10(15)11-7(12(16)17)3-4-18-11/h1-5,10,15H,(H,16,17). The topological polar surface area (TPSA) is 70.7 Å². The van der Waals surface area contributed by atoms with Crippen LogP contribution in [0.25, 0.3) is 0 Å². The predicted octanol–water partition coefficient (Wildman–Crippen LogP) is 3.58. The molecule has 2 aromatic rings. The molecule has 0 radical (unpaired) electrons. The van der Waals surface area contributed by atoms with E-state index >= 15 is 0 Å². The second-order valence-electron chi connectivity index (χ2n) is 3.58. The highest BCUT2D eigenvalue weighted by molar-refractivity contribution is 9.13. The fraction of sp³-hybridized carbons (Fsp3) is 0.0833. The lowest BCUT2D eigenvalue weighted by Gasteiger charge is -2.10. The number of carboxylic acid groups (broad SMARTS) is 1. The van der Waals surface area contributed by atoms with E-state index in [0.717, 1.165) is 8.95 Å². The van der Waals surface area contributed by atoms with Gasteiger partial charge in [-0.3, -0.25) is 0 Å². The second-order valence-corrected chi connectivity index (χ2v) is 5.29. The Morgan fingerprint density at radius 1 is 1.22 bits per heavy atom. The minimum atomic E-state index is -1.13. The van der Waals surface area contributed by atoms with Crippen molar-refractivity contribution in [2.75, 3.05) is 0 Å². The molecule has 0 fully saturated rings. The van der Waals surface area contributed by atoms with Crippen LogP contribution in [-0.4, -0.2) is 16.2 Å². The number of carbonyl (C=O) groups is 1. The van der Waals surface area contributed by atoms with Crippen molar-refractivity contribution in [2.24, 2.45) is 0 Å². The van der Waals surface area contributed by atoms with E-state index in [1.165, 1.54) is 12.3 Å². The van der Waals surface area contributed by atoms with E-state index in [0.29, 0.717) is 5.56 Å². The minimum absolute atomic E-state index is 0.0247. The first-order valence-corrected chi connectivity index (χ1v) is 6.53. The summed E-state index contributed by atoms with van der Waals surface area (Å²) in [6.07, 6.45) is 0.131. The van der Waals surface area contributed by atoms with Gasteiger partial charge in [0.25, 0.3) is 0 Å². The number of aromatic carboxylic acids is 1. The zero-order valence-electron chi connectivity index (χ0n) is 8.93. The van der Waals surface area contributed by atoms with Crippen LogP contribution in [0.4, 0.5) is 0 Å². The van der Waals surface area contributed by atoms with Gasteiger partial charge < -0.3 is 14.6 Å². The summed E-state index contributed by atoms with van der Waals surface area (Å²) >= 11 is 6.64. The minimum Gasteiger partial charge on any atom is -0.478 e. The van der Waals surface area contributed by atoms with Gasteiger partial charge in [-0.15, -0.1) is 0 Å². The molecule has 0 saturated heterocycles. The molecular formula is C12H8Br2O4. The van der Waals surface area contributed by atoms with Gasteiger partial charge in [-0.1, -0.05) is 6.07 Å². The lowest BCUT2D eigenvalue weighted by molar-refractivity contribution is 0.0687. The Bertz CT molecular complexity index is 592. The van der Waals surface area contributed by atoms with Crippen LogP contribution < -0.4 is 0 Å². The Balaban J connectivity index is 2.41. The number of hydrogen-bond donors (Lipinski definition) is 2. The average Bonchev–Trinajstić information content (AvgIpc) is 2.81. The van der Waals surface area contributed by atoms with Crippen LogP contribution in [0.15, 0.2) is 43.9 Å². The quantitative estimate of drug-likeness (QED) is 0.860. The van der Waals surface area contributed by atoms with Gasteiger partial charge in [-0.2, -0.15) is 0 Å². The number of rotatable bonds is 3. The van der Waals surface area contributed by atoms with Crippen LogP contribution in [-0.2, 0) is 0 Å². The van der Waals surface area contributed by atoms with Crippen molar-refractivity contribution in [2.45, 2.75) is 6.10 Å². The number of aliphatic hydroxyl groups excluding tert-OH is 1. The van der Waals surface area contributed by atoms with Gasteiger partial charge in [0.15, 0.2) is 5.76 Å². The zero-order chi connectivity index (χ0) is 13.3. The van der Waals surface area contributed by atoms with Crippen LogP contribution >= 0.6 is 31.9 Å². The van der Waals surface area contributed by atoms with Gasteiger partial charge in [0, 0.05) is 8.95 Å². The summed E-state index contributed by atoms with van der Waals surface area (Å²) in [7, 11) is 0. The van der Waals surface area contributed by atoms with Crippen molar-refractivity contribution in [3.8, 4) is 0 Å². The van der Waals surface area contributed by atoms with E-state index < -0.39 is 12.1 Å². The monoisotopic (exact) mass is 374 g/mol. The van der Waals surface area contributed by atoms with Crippen LogP contribution in [0.2, 0.25) is 0 Å². The van der Waals surface area contributed by atoms with E-state index in [4.69, 9.17) is 9.52 Å². The zero-order valence-corrected chi connectivity index (χ0v) is 12.1. The molecular weight excluding hydrogens is 368 g/mol. The Kier molecular flexibility index (Phi) is 3.89. The molecule has 0 saturated carbocycles. The first-order valence-electron chi connectivity index (χ1n) is 4.94. The molecule has 94 valence electrons. The Morgan fingerprint density at radius 2 is 1.94 bits per heavy atom. The van der Waals surface area contributed by atoms with E-state index in [2.05, 4.69) is 31.9 Å². The number of aliphatic hydroxyl groups is 1. The lowest BCUT2D eigenvalue weighted by Crippen LogP contribution is -2.05. The molecule has 2 N–H and O–H groups in total. The third kappa shape index (κ3) is 2.50. The van der Waals surface area contributed by atoms with Crippen molar-refractivity contribution >= 4 is 37.8 Å². The molecule has 0 aliphatic rings. The third-order valence-corrected chi connectivity index (χ3v) is 4.31. The SMILES string of the molecule is O=C(O)c1ccoc1C(O)c1ccc(Br)c(Br)c1. The molecule has 0 spiro atoms. The maximum atomic E-state index is 11.0. The largest absolute Gasteiger partial charge is 0.478 e. The summed E-state index contributed by atoms with van der Waals surface area (Å²) in [4.78, 5) is 11.0. The first kappa shape index (κ1) is 13.3. The fourth-order valence-electron chi connectivity index (χ4n) is 1.54. The van der Waals surface area contributed by atoms with Crippen molar-refractivity contribution < 1.29 is 19.4 Å². The number of carboxylic acids is 1. The highest BCUT2D eigenvalue weighted by Gasteiger charge is 2.22. The molecule has 1 aromatic carbocycles. The second kappa shape index (κ2) is 5.26. The summed E-state index contributed by atoms with van der Waals surface area (Å²) in [5, 5.41) is 19.1. The molecule has 0 bridgehead atoms. The normalized spacial score (nSPS) is 12.4. The summed E-state index contributed by atoms with van der Waals surface area (Å²) in [6.45, 7) is 0. The Labute approximate surface area is 119 Å². The summed E-state index contributed by atoms with van der Waals surface area (Å²) in [5.41, 5.74) is 0.504. The Hall–Kier alpha value is -1.11. The number of benzene rings is 1. The maximum Gasteiger partial charge on any atom is 0.339 e. The fourth-order valence-corrected chi connectivity index (χ4v) is 2.19. The molecule has 0 aliphatic carbocycles. The highest BCUT2D eigenvalue weighted by Crippen LogP contribution is 2.31. The van der Waals surface area contributed by atoms with E-state index in [-0.39, 0.29) is 11.3 Å². The molecule has 1 atom stereocenters. The van der Waals surface area contributed by atoms with Gasteiger partial charge in [0.1, 0.15) is 11.7 Å². The van der Waals surface area contributed by atoms with Gasteiger partial charge in [0.05, 0.1) is 6.26 Å². The van der Waals surface area contributed by atoms with Crippen molar-refractivity contribution in [1.82, 2.24) is 0 Å². The predicted molar refractivity (Wildman–Crippen MR) is 71.6 cm³/mol. The number of halogens is 2. The van der Waals surface area contributed by atoms with Crippen LogP contribution in [0.1, 0.15) is 27.8 Å². The average molecular weight is 376 g/mol. The molecule has 0 aliphatic heterocycles. The van der Waals surface area contributed by atoms with E-state index in [1.807, 2.05) is 0 Å². The van der Waals surface area contributed by atoms with Crippen LogP contribution in [0.3, 0.4) is 0 Å². The van der Waals surface area contributed by atoms with E-state index in [9.17, 15) is 9.90 Å². The lowest BCUT2D eigenvalue weighted by atomic mass is 10.0. The molecule has 1 heterocycles. The van der Waals surface area contributed by atoms with Crippen molar-refractivity contribution in [3.05, 3.63) is 56.4 Å². The molecule has 18 heavy (non-hydrogen) atoms. The molecule has 4 nitrogen and oxygen atoms in total. The molecule has 1 aromatic heterocycles. The van der Waals surface area contributed by atoms with E-state index in [1.54, 1.807) is 18.2 Å². The summed E-state index contributed by atoms with van der Waals surface area (Å²) in [6, 6.07) is 6.46. The maximum absolute atomic E-state index is 11.0. The number of furan rings is 1. The summed E-state index contributed by atoms with van der Waals surface area (Å²) < 4.78 is 6.66. The van der Waals surface area contributed by atoms with Gasteiger partial charge in [-0.05, 0) is 55.6 Å². The molecule has 1 unspecified atom stereocenters. The van der Waals surface area contributed by atoms with Crippen LogP contribution in [0.5, 0.6) is 0 Å². The summed E-state index contributed by atoms with van der Waals surface area (Å²) in [5.74, 6) is -1.11. The highest BCUT2D eigenvalue weighted by atomic mass is 79.9.